The molecular formula is C27H33ClN6O3S. The Labute approximate surface area is 231 Å². The van der Waals surface area contributed by atoms with Gasteiger partial charge in [0.25, 0.3) is 0 Å². The number of nitrogens with zero attached hydrogens (tertiary/aromatic N) is 4. The number of halogens is 1. The second-order valence-corrected chi connectivity index (χ2v) is 11.9. The van der Waals surface area contributed by atoms with Gasteiger partial charge >= 0.3 is 6.09 Å². The van der Waals surface area contributed by atoms with Crippen LogP contribution in [0.5, 0.6) is 0 Å². The van der Waals surface area contributed by atoms with Crippen LogP contribution in [0.2, 0.25) is 5.02 Å². The third-order valence-electron chi connectivity index (χ3n) is 6.08. The molecule has 1 aliphatic rings. The molecule has 2 N–H and O–H groups in total. The highest BCUT2D eigenvalue weighted by Crippen LogP contribution is 2.39. The van der Waals surface area contributed by atoms with E-state index in [1.54, 1.807) is 11.3 Å². The van der Waals surface area contributed by atoms with E-state index in [4.69, 9.17) is 21.3 Å². The Bertz CT molecular complexity index is 1370. The molecule has 1 aliphatic heterocycles. The summed E-state index contributed by atoms with van der Waals surface area (Å²) < 4.78 is 7.25. The van der Waals surface area contributed by atoms with Gasteiger partial charge in [-0.2, -0.15) is 0 Å². The van der Waals surface area contributed by atoms with Gasteiger partial charge in [0.15, 0.2) is 5.82 Å². The molecule has 3 aromatic rings. The molecule has 0 aliphatic carbocycles. The average Bonchev–Trinajstić information content (AvgIpc) is 3.30. The van der Waals surface area contributed by atoms with Crippen LogP contribution in [-0.4, -0.2) is 51.2 Å². The van der Waals surface area contributed by atoms with Crippen molar-refractivity contribution in [3.63, 3.8) is 0 Å². The molecule has 0 saturated carbocycles. The number of rotatable bonds is 7. The molecule has 1 unspecified atom stereocenters. The van der Waals surface area contributed by atoms with E-state index in [0.717, 1.165) is 33.2 Å². The zero-order valence-corrected chi connectivity index (χ0v) is 24.1. The topological polar surface area (TPSA) is 110 Å². The van der Waals surface area contributed by atoms with E-state index in [2.05, 4.69) is 34.7 Å². The van der Waals surface area contributed by atoms with Gasteiger partial charge in [-0.1, -0.05) is 23.7 Å². The number of alkyl carbamates (subject to hydrolysis) is 1. The van der Waals surface area contributed by atoms with Crippen LogP contribution in [-0.2, 0) is 9.53 Å². The molecule has 202 valence electrons. The highest BCUT2D eigenvalue weighted by Gasteiger charge is 2.32. The minimum absolute atomic E-state index is 0.113. The molecule has 0 bridgehead atoms. The van der Waals surface area contributed by atoms with Gasteiger partial charge in [-0.15, -0.1) is 21.5 Å². The molecule has 9 nitrogen and oxygen atoms in total. The number of aliphatic imine (C=N–C) groups is 1. The van der Waals surface area contributed by atoms with Crippen molar-refractivity contribution in [3.8, 4) is 5.00 Å². The molecule has 0 radical (unpaired) electrons. The fourth-order valence-corrected chi connectivity index (χ4v) is 5.54. The fraction of sp³-hybridized carbons (Fsp3) is 0.444. The Morgan fingerprint density at radius 1 is 1.08 bits per heavy atom. The maximum absolute atomic E-state index is 13.0. The minimum Gasteiger partial charge on any atom is -0.444 e. The van der Waals surface area contributed by atoms with Crippen molar-refractivity contribution in [2.24, 2.45) is 4.99 Å². The van der Waals surface area contributed by atoms with E-state index in [1.807, 2.05) is 56.5 Å². The Kier molecular flexibility index (Phi) is 8.22. The molecule has 1 atom stereocenters. The number of hydrogen-bond donors (Lipinski definition) is 2. The molecule has 3 heterocycles. The second-order valence-electron chi connectivity index (χ2n) is 10.2. The smallest absolute Gasteiger partial charge is 0.407 e. The predicted octanol–water partition coefficient (Wildman–Crippen LogP) is 5.22. The molecule has 4 rings (SSSR count). The number of nitrogens with one attached hydrogen (secondary N) is 2. The lowest BCUT2D eigenvalue weighted by atomic mass is 9.99. The summed E-state index contributed by atoms with van der Waals surface area (Å²) in [6.07, 6.45) is 0.209. The first-order valence-corrected chi connectivity index (χ1v) is 13.7. The number of carbonyl (C=O) groups is 2. The second kappa shape index (κ2) is 11.2. The van der Waals surface area contributed by atoms with E-state index in [-0.39, 0.29) is 12.3 Å². The first-order valence-electron chi connectivity index (χ1n) is 12.5. The van der Waals surface area contributed by atoms with Gasteiger partial charge in [0.2, 0.25) is 5.91 Å². The fourth-order valence-electron chi connectivity index (χ4n) is 4.20. The van der Waals surface area contributed by atoms with Gasteiger partial charge in [0.1, 0.15) is 22.5 Å². The highest BCUT2D eigenvalue weighted by molar-refractivity contribution is 7.15. The predicted molar refractivity (Wildman–Crippen MR) is 150 cm³/mol. The third-order valence-corrected chi connectivity index (χ3v) is 7.52. The normalized spacial score (nSPS) is 14.7. The van der Waals surface area contributed by atoms with Gasteiger partial charge < -0.3 is 15.4 Å². The number of aromatic nitrogens is 3. The van der Waals surface area contributed by atoms with Crippen molar-refractivity contribution in [2.75, 3.05) is 13.1 Å². The summed E-state index contributed by atoms with van der Waals surface area (Å²) in [6, 6.07) is 7.06. The van der Waals surface area contributed by atoms with E-state index >= 15 is 0 Å². The van der Waals surface area contributed by atoms with Crippen molar-refractivity contribution in [1.29, 1.82) is 0 Å². The summed E-state index contributed by atoms with van der Waals surface area (Å²) in [7, 11) is 0. The number of hydrogen-bond acceptors (Lipinski definition) is 7. The van der Waals surface area contributed by atoms with Crippen LogP contribution >= 0.6 is 22.9 Å². The van der Waals surface area contributed by atoms with Crippen molar-refractivity contribution in [2.45, 2.75) is 66.0 Å². The summed E-state index contributed by atoms with van der Waals surface area (Å²) in [5, 5.41) is 16.0. The molecule has 0 fully saturated rings. The summed E-state index contributed by atoms with van der Waals surface area (Å²) >= 11 is 7.84. The molecule has 11 heteroatoms. The van der Waals surface area contributed by atoms with Crippen LogP contribution in [0.1, 0.15) is 72.9 Å². The summed E-state index contributed by atoms with van der Waals surface area (Å²) in [5.74, 6) is 1.22. The molecule has 2 aromatic heterocycles. The standard InChI is InChI=1S/C27H33ClN6O3S/c1-15-16(2)38-25-22(15)23(18-8-10-19(28)11-9-18)31-20(24-33-32-17(3)34(24)25)14-21(35)29-12-7-13-30-26(36)37-27(4,5)6/h8-11,20H,7,12-14H2,1-6H3,(H,29,35)(H,30,36). The number of fused-ring (bicyclic) bond motifs is 3. The minimum atomic E-state index is -0.554. The zero-order valence-electron chi connectivity index (χ0n) is 22.5. The van der Waals surface area contributed by atoms with Gasteiger partial charge in [-0.25, -0.2) is 4.79 Å². The van der Waals surface area contributed by atoms with E-state index in [9.17, 15) is 9.59 Å². The van der Waals surface area contributed by atoms with E-state index in [0.29, 0.717) is 30.4 Å². The Hall–Kier alpha value is -3.24. The maximum atomic E-state index is 13.0. The third kappa shape index (κ3) is 6.24. The largest absolute Gasteiger partial charge is 0.444 e. The number of amides is 2. The lowest BCUT2D eigenvalue weighted by molar-refractivity contribution is -0.121. The lowest BCUT2D eigenvalue weighted by Gasteiger charge is -2.19. The van der Waals surface area contributed by atoms with Crippen LogP contribution in [0.25, 0.3) is 5.00 Å². The number of ether oxygens (including phenoxy) is 1. The van der Waals surface area contributed by atoms with Crippen molar-refractivity contribution >= 4 is 40.6 Å². The van der Waals surface area contributed by atoms with E-state index in [1.165, 1.54) is 4.88 Å². The number of benzene rings is 1. The van der Waals surface area contributed by atoms with Crippen LogP contribution in [0.15, 0.2) is 29.3 Å². The first-order chi connectivity index (χ1) is 17.9. The summed E-state index contributed by atoms with van der Waals surface area (Å²) in [4.78, 5) is 31.1. The van der Waals surface area contributed by atoms with Crippen molar-refractivity contribution in [3.05, 3.63) is 62.5 Å². The van der Waals surface area contributed by atoms with Crippen LogP contribution < -0.4 is 10.6 Å². The Morgan fingerprint density at radius 2 is 1.76 bits per heavy atom. The van der Waals surface area contributed by atoms with Gasteiger partial charge in [0, 0.05) is 34.1 Å². The molecule has 0 spiro atoms. The van der Waals surface area contributed by atoms with Crippen molar-refractivity contribution < 1.29 is 14.3 Å². The monoisotopic (exact) mass is 556 g/mol. The molecule has 1 aromatic carbocycles. The van der Waals surface area contributed by atoms with Gasteiger partial charge in [-0.3, -0.25) is 14.4 Å². The van der Waals surface area contributed by atoms with Gasteiger partial charge in [0.05, 0.1) is 12.1 Å². The zero-order chi connectivity index (χ0) is 27.6. The SMILES string of the molecule is Cc1sc2c(c1C)C(c1ccc(Cl)cc1)=NC(CC(=O)NCCCNC(=O)OC(C)(C)C)c1nnc(C)n1-2. The number of aryl methyl sites for hydroxylation is 2. The van der Waals surface area contributed by atoms with Gasteiger partial charge in [-0.05, 0) is 65.7 Å². The molecular weight excluding hydrogens is 524 g/mol. The first kappa shape index (κ1) is 27.8. The number of thiophene rings is 1. The Balaban J connectivity index is 1.53. The molecule has 38 heavy (non-hydrogen) atoms. The lowest BCUT2D eigenvalue weighted by Crippen LogP contribution is -2.34. The maximum Gasteiger partial charge on any atom is 0.407 e. The van der Waals surface area contributed by atoms with Crippen LogP contribution in [0, 0.1) is 20.8 Å². The van der Waals surface area contributed by atoms with Crippen LogP contribution in [0.4, 0.5) is 4.79 Å². The average molecular weight is 557 g/mol. The van der Waals surface area contributed by atoms with Crippen LogP contribution in [0.3, 0.4) is 0 Å². The van der Waals surface area contributed by atoms with E-state index < -0.39 is 17.7 Å². The molecule has 0 saturated heterocycles. The highest BCUT2D eigenvalue weighted by atomic mass is 35.5. The summed E-state index contributed by atoms with van der Waals surface area (Å²) in [5.41, 5.74) is 3.34. The molecule has 2 amide bonds. The quantitative estimate of drug-likeness (QED) is 0.388. The summed E-state index contributed by atoms with van der Waals surface area (Å²) in [6.45, 7) is 12.3. The number of carbonyl (C=O) groups excluding carboxylic acids is 2. The Morgan fingerprint density at radius 3 is 2.45 bits per heavy atom. The van der Waals surface area contributed by atoms with Crippen molar-refractivity contribution in [1.82, 2.24) is 25.4 Å².